The Hall–Kier alpha value is -2.31. The number of hydrogen-bond acceptors (Lipinski definition) is 3. The van der Waals surface area contributed by atoms with E-state index >= 15 is 0 Å². The van der Waals surface area contributed by atoms with Gasteiger partial charge in [0.05, 0.1) is 5.69 Å². The average molecular weight is 394 g/mol. The van der Waals surface area contributed by atoms with Crippen molar-refractivity contribution in [1.29, 1.82) is 0 Å². The molecule has 0 saturated carbocycles. The van der Waals surface area contributed by atoms with E-state index in [9.17, 15) is 14.7 Å². The first-order chi connectivity index (χ1) is 11.0. The fraction of sp³-hybridized carbons (Fsp3) is 0. The first-order valence-electron chi connectivity index (χ1n) is 6.57. The summed E-state index contributed by atoms with van der Waals surface area (Å²) in [5.74, 6) is -1.06. The Morgan fingerprint density at radius 1 is 1.13 bits per heavy atom. The summed E-state index contributed by atoms with van der Waals surface area (Å²) in [5, 5.41) is 11.5. The molecular weight excluding hydrogens is 384 g/mol. The van der Waals surface area contributed by atoms with Gasteiger partial charge in [0.15, 0.2) is 0 Å². The molecule has 2 aromatic carbocycles. The molecule has 1 heterocycles. The topological polar surface area (TPSA) is 69.6 Å². The highest BCUT2D eigenvalue weighted by Gasteiger charge is 2.34. The minimum Gasteiger partial charge on any atom is -0.507 e. The molecule has 5 nitrogen and oxygen atoms in total. The second-order valence-corrected chi connectivity index (χ2v) is 6.17. The lowest BCUT2D eigenvalue weighted by Gasteiger charge is -2.14. The van der Waals surface area contributed by atoms with Crippen LogP contribution in [0.2, 0.25) is 5.02 Å². The molecule has 0 aromatic heterocycles. The number of phenols is 1. The average Bonchev–Trinajstić information content (AvgIpc) is 2.80. The fourth-order valence-electron chi connectivity index (χ4n) is 2.13. The van der Waals surface area contributed by atoms with Crippen molar-refractivity contribution in [1.82, 2.24) is 5.43 Å². The van der Waals surface area contributed by atoms with Gasteiger partial charge in [0.2, 0.25) is 0 Å². The number of benzene rings is 2. The zero-order valence-electron chi connectivity index (χ0n) is 11.6. The molecule has 2 amide bonds. The lowest BCUT2D eigenvalue weighted by Crippen LogP contribution is -2.35. The van der Waals surface area contributed by atoms with Crippen molar-refractivity contribution in [3.8, 4) is 5.75 Å². The van der Waals surface area contributed by atoms with Gasteiger partial charge in [-0.25, -0.2) is 5.01 Å². The van der Waals surface area contributed by atoms with Gasteiger partial charge >= 0.3 is 0 Å². The molecule has 0 aliphatic carbocycles. The number of halogens is 2. The number of nitrogens with one attached hydrogen (secondary N) is 1. The van der Waals surface area contributed by atoms with Crippen LogP contribution in [0.4, 0.5) is 5.69 Å². The second kappa shape index (κ2) is 6.06. The Morgan fingerprint density at radius 3 is 2.52 bits per heavy atom. The van der Waals surface area contributed by atoms with Crippen molar-refractivity contribution in [3.63, 3.8) is 0 Å². The zero-order valence-corrected chi connectivity index (χ0v) is 13.9. The highest BCUT2D eigenvalue weighted by atomic mass is 79.9. The van der Waals surface area contributed by atoms with E-state index < -0.39 is 11.8 Å². The molecule has 1 aliphatic heterocycles. The summed E-state index contributed by atoms with van der Waals surface area (Å²) < 4.78 is 0.725. The van der Waals surface area contributed by atoms with E-state index in [0.717, 1.165) is 9.48 Å². The van der Waals surface area contributed by atoms with Gasteiger partial charge in [-0.2, -0.15) is 0 Å². The van der Waals surface area contributed by atoms with E-state index in [4.69, 9.17) is 11.6 Å². The van der Waals surface area contributed by atoms with Gasteiger partial charge in [0, 0.05) is 15.1 Å². The number of rotatable bonds is 2. The third-order valence-corrected chi connectivity index (χ3v) is 4.01. The molecule has 0 radical (unpaired) electrons. The molecule has 0 unspecified atom stereocenters. The maximum absolute atomic E-state index is 12.4. The maximum atomic E-state index is 12.4. The van der Waals surface area contributed by atoms with Crippen molar-refractivity contribution in [2.75, 3.05) is 5.01 Å². The van der Waals surface area contributed by atoms with Crippen LogP contribution in [0.1, 0.15) is 5.56 Å². The van der Waals surface area contributed by atoms with Gasteiger partial charge in [-0.1, -0.05) is 27.5 Å². The van der Waals surface area contributed by atoms with Crippen LogP contribution in [-0.4, -0.2) is 16.9 Å². The maximum Gasteiger partial charge on any atom is 0.282 e. The van der Waals surface area contributed by atoms with Gasteiger partial charge in [0.1, 0.15) is 11.3 Å². The van der Waals surface area contributed by atoms with Crippen molar-refractivity contribution in [3.05, 3.63) is 63.1 Å². The minimum absolute atomic E-state index is 0.0220. The van der Waals surface area contributed by atoms with Gasteiger partial charge in [0.25, 0.3) is 11.8 Å². The van der Waals surface area contributed by atoms with Crippen LogP contribution >= 0.6 is 27.5 Å². The number of nitrogens with zero attached hydrogens (tertiary/aromatic N) is 1. The highest BCUT2D eigenvalue weighted by molar-refractivity contribution is 9.10. The van der Waals surface area contributed by atoms with E-state index in [1.54, 1.807) is 36.4 Å². The molecule has 7 heteroatoms. The molecule has 0 atom stereocenters. The number of carbonyl (C=O) groups excluding carboxylic acids is 2. The van der Waals surface area contributed by atoms with Gasteiger partial charge in [-0.05, 0) is 48.5 Å². The Morgan fingerprint density at radius 2 is 1.83 bits per heavy atom. The summed E-state index contributed by atoms with van der Waals surface area (Å²) in [7, 11) is 0. The quantitative estimate of drug-likeness (QED) is 0.608. The summed E-state index contributed by atoms with van der Waals surface area (Å²) in [6.45, 7) is 0. The van der Waals surface area contributed by atoms with Crippen molar-refractivity contribution >= 4 is 51.1 Å². The normalized spacial score (nSPS) is 16.1. The summed E-state index contributed by atoms with van der Waals surface area (Å²) >= 11 is 9.10. The molecule has 1 aliphatic rings. The number of anilines is 1. The van der Waals surface area contributed by atoms with Crippen LogP contribution in [0.5, 0.6) is 5.75 Å². The molecule has 23 heavy (non-hydrogen) atoms. The second-order valence-electron chi connectivity index (χ2n) is 4.82. The zero-order chi connectivity index (χ0) is 16.6. The van der Waals surface area contributed by atoms with Crippen LogP contribution in [-0.2, 0) is 9.59 Å². The predicted octanol–water partition coefficient (Wildman–Crippen LogP) is 3.27. The lowest BCUT2D eigenvalue weighted by atomic mass is 10.1. The number of hydrogen-bond donors (Lipinski definition) is 2. The third-order valence-electron chi connectivity index (χ3n) is 3.27. The molecule has 116 valence electrons. The standard InChI is InChI=1S/C16H10BrClN2O3/c17-10-1-6-14(21)9(7-10)8-13-15(22)19-20(16(13)23)12-4-2-11(18)3-5-12/h1-8,21H,(H,19,22). The molecule has 3 rings (SSSR count). The Balaban J connectivity index is 1.97. The molecule has 2 N–H and O–H groups in total. The third kappa shape index (κ3) is 3.09. The summed E-state index contributed by atoms with van der Waals surface area (Å²) in [5.41, 5.74) is 3.29. The van der Waals surface area contributed by atoms with E-state index in [1.165, 1.54) is 12.1 Å². The predicted molar refractivity (Wildman–Crippen MR) is 90.9 cm³/mol. The number of carbonyl (C=O) groups is 2. The molecule has 0 spiro atoms. The first-order valence-corrected chi connectivity index (χ1v) is 7.74. The van der Waals surface area contributed by atoms with Crippen molar-refractivity contribution in [2.45, 2.75) is 0 Å². The van der Waals surface area contributed by atoms with E-state index in [-0.39, 0.29) is 11.3 Å². The fourth-order valence-corrected chi connectivity index (χ4v) is 2.63. The lowest BCUT2D eigenvalue weighted by molar-refractivity contribution is -0.117. The molecular formula is C16H10BrClN2O3. The molecule has 1 saturated heterocycles. The highest BCUT2D eigenvalue weighted by Crippen LogP contribution is 2.27. The van der Waals surface area contributed by atoms with Crippen LogP contribution in [0.25, 0.3) is 6.08 Å². The number of amides is 2. The Labute approximate surface area is 145 Å². The van der Waals surface area contributed by atoms with Gasteiger partial charge < -0.3 is 5.11 Å². The Bertz CT molecular complexity index is 834. The van der Waals surface area contributed by atoms with E-state index in [0.29, 0.717) is 16.3 Å². The number of aromatic hydroxyl groups is 1. The van der Waals surface area contributed by atoms with Crippen LogP contribution in [0, 0.1) is 0 Å². The summed E-state index contributed by atoms with van der Waals surface area (Å²) in [4.78, 5) is 24.5. The van der Waals surface area contributed by atoms with Crippen LogP contribution < -0.4 is 10.4 Å². The van der Waals surface area contributed by atoms with Gasteiger partial charge in [-0.15, -0.1) is 0 Å². The number of phenolic OH excluding ortho intramolecular Hbond substituents is 1. The van der Waals surface area contributed by atoms with Gasteiger partial charge in [-0.3, -0.25) is 15.0 Å². The SMILES string of the molecule is O=C1NN(c2ccc(Cl)cc2)C(=O)C1=Cc1cc(Br)ccc1O. The summed E-state index contributed by atoms with van der Waals surface area (Å²) in [6.07, 6.45) is 1.35. The minimum atomic E-state index is -0.538. The molecule has 0 bridgehead atoms. The molecule has 1 fully saturated rings. The van der Waals surface area contributed by atoms with Crippen LogP contribution in [0.3, 0.4) is 0 Å². The summed E-state index contributed by atoms with van der Waals surface area (Å²) in [6, 6.07) is 11.3. The first kappa shape index (κ1) is 15.6. The Kier molecular flexibility index (Phi) is 4.11. The van der Waals surface area contributed by atoms with Crippen molar-refractivity contribution < 1.29 is 14.7 Å². The van der Waals surface area contributed by atoms with E-state index in [1.807, 2.05) is 0 Å². The smallest absolute Gasteiger partial charge is 0.282 e. The molecule has 2 aromatic rings. The van der Waals surface area contributed by atoms with Crippen LogP contribution in [0.15, 0.2) is 52.5 Å². The monoisotopic (exact) mass is 392 g/mol. The van der Waals surface area contributed by atoms with E-state index in [2.05, 4.69) is 21.4 Å². The number of hydrazine groups is 1. The largest absolute Gasteiger partial charge is 0.507 e. The van der Waals surface area contributed by atoms with Crippen molar-refractivity contribution in [2.24, 2.45) is 0 Å².